The second-order valence-corrected chi connectivity index (χ2v) is 7.40. The predicted molar refractivity (Wildman–Crippen MR) is 108 cm³/mol. The predicted octanol–water partition coefficient (Wildman–Crippen LogP) is 5.33. The zero-order valence-electron chi connectivity index (χ0n) is 14.2. The van der Waals surface area contributed by atoms with Gasteiger partial charge in [0.05, 0.1) is 0 Å². The first kappa shape index (κ1) is 15.2. The maximum absolute atomic E-state index is 2.31. The van der Waals surface area contributed by atoms with E-state index < -0.39 is 0 Å². The van der Waals surface area contributed by atoms with Gasteiger partial charge in [-0.05, 0) is 63.2 Å². The molecule has 0 aromatic heterocycles. The molecule has 0 aliphatic heterocycles. The molecule has 0 nitrogen and oxygen atoms in total. The Morgan fingerprint density at radius 3 is 1.33 bits per heavy atom. The Labute approximate surface area is 146 Å². The van der Waals surface area contributed by atoms with Gasteiger partial charge in [0, 0.05) is 10.2 Å². The van der Waals surface area contributed by atoms with Gasteiger partial charge in [0.25, 0.3) is 0 Å². The summed E-state index contributed by atoms with van der Waals surface area (Å²) in [5, 5.41) is 5.48. The highest BCUT2D eigenvalue weighted by molar-refractivity contribution is 6.17. The lowest BCUT2D eigenvalue weighted by atomic mass is 9.92. The lowest BCUT2D eigenvalue weighted by Crippen LogP contribution is -2.03. The van der Waals surface area contributed by atoms with Gasteiger partial charge in [-0.1, -0.05) is 72.8 Å². The summed E-state index contributed by atoms with van der Waals surface area (Å²) < 4.78 is 0. The SMILES string of the molecule is Cc1ccc(C([SiH2])c2ccc(C)c3ccccc23)c2ccccc12. The molecule has 1 heteroatoms. The van der Waals surface area contributed by atoms with E-state index in [-0.39, 0.29) is 0 Å². The molecule has 4 aromatic rings. The largest absolute Gasteiger partial charge is 0.0616 e. The molecule has 4 aromatic carbocycles. The fourth-order valence-corrected chi connectivity index (χ4v) is 4.43. The van der Waals surface area contributed by atoms with Crippen LogP contribution in [0.15, 0.2) is 72.8 Å². The fraction of sp³-hybridized carbons (Fsp3) is 0.130. The molecule has 117 valence electrons. The fourth-order valence-electron chi connectivity index (χ4n) is 3.72. The van der Waals surface area contributed by atoms with Gasteiger partial charge < -0.3 is 0 Å². The van der Waals surface area contributed by atoms with Crippen LogP contribution < -0.4 is 0 Å². The van der Waals surface area contributed by atoms with Gasteiger partial charge in [0.2, 0.25) is 0 Å². The highest BCUT2D eigenvalue weighted by Crippen LogP contribution is 2.34. The average molecular weight is 326 g/mol. The highest BCUT2D eigenvalue weighted by atomic mass is 28.1. The summed E-state index contributed by atoms with van der Waals surface area (Å²) in [6, 6.07) is 26.7. The summed E-state index contributed by atoms with van der Waals surface area (Å²) >= 11 is 0. The lowest BCUT2D eigenvalue weighted by Gasteiger charge is -2.19. The molecule has 0 fully saturated rings. The van der Waals surface area contributed by atoms with Crippen molar-refractivity contribution in [2.75, 3.05) is 0 Å². The molecule has 0 amide bonds. The third kappa shape index (κ3) is 2.37. The normalized spacial score (nSPS) is 11.5. The van der Waals surface area contributed by atoms with Crippen LogP contribution in [0.3, 0.4) is 0 Å². The van der Waals surface area contributed by atoms with E-state index in [4.69, 9.17) is 0 Å². The topological polar surface area (TPSA) is 0 Å². The number of hydrogen-bond acceptors (Lipinski definition) is 0. The van der Waals surface area contributed by atoms with E-state index in [1.807, 2.05) is 0 Å². The summed E-state index contributed by atoms with van der Waals surface area (Å²) in [6.07, 6.45) is 0. The van der Waals surface area contributed by atoms with E-state index in [9.17, 15) is 0 Å². The molecule has 0 atom stereocenters. The standard InChI is InChI=1S/C23H21Si/c1-15-11-13-21(19-9-5-3-7-17(15)19)23(24)22-14-12-16(2)18-8-4-6-10-20(18)22/h3-14,23H,24H2,1-2H3. The quantitative estimate of drug-likeness (QED) is 0.437. The summed E-state index contributed by atoms with van der Waals surface area (Å²) in [4.78, 5) is 0. The van der Waals surface area contributed by atoms with E-state index in [2.05, 4.69) is 96.9 Å². The van der Waals surface area contributed by atoms with Crippen LogP contribution in [0.1, 0.15) is 27.8 Å². The third-order valence-corrected chi connectivity index (χ3v) is 5.98. The monoisotopic (exact) mass is 325 g/mol. The number of hydrogen-bond donors (Lipinski definition) is 0. The number of benzene rings is 4. The molecule has 0 heterocycles. The minimum absolute atomic E-state index is 0.390. The van der Waals surface area contributed by atoms with E-state index in [1.54, 1.807) is 0 Å². The molecule has 0 N–H and O–H groups in total. The van der Waals surface area contributed by atoms with Gasteiger partial charge in [-0.3, -0.25) is 0 Å². The minimum atomic E-state index is 0.390. The van der Waals surface area contributed by atoms with Gasteiger partial charge in [0.15, 0.2) is 0 Å². The van der Waals surface area contributed by atoms with E-state index >= 15 is 0 Å². The Morgan fingerprint density at radius 2 is 0.917 bits per heavy atom. The smallest absolute Gasteiger partial charge is 0.0239 e. The van der Waals surface area contributed by atoms with Crippen LogP contribution >= 0.6 is 0 Å². The van der Waals surface area contributed by atoms with Crippen LogP contribution in [0.25, 0.3) is 21.5 Å². The Morgan fingerprint density at radius 1 is 0.542 bits per heavy atom. The molecule has 0 aliphatic rings. The molecule has 1 radical (unpaired) electrons. The summed E-state index contributed by atoms with van der Waals surface area (Å²) in [5.41, 5.74) is 5.92. The molecule has 0 saturated heterocycles. The second-order valence-electron chi connectivity index (χ2n) is 6.59. The van der Waals surface area contributed by atoms with Crippen molar-refractivity contribution in [1.29, 1.82) is 0 Å². The minimum Gasteiger partial charge on any atom is -0.0616 e. The maximum atomic E-state index is 2.31. The van der Waals surface area contributed by atoms with Crippen molar-refractivity contribution in [2.24, 2.45) is 0 Å². The second kappa shape index (κ2) is 5.92. The third-order valence-electron chi connectivity index (χ3n) is 5.10. The summed E-state index contributed by atoms with van der Waals surface area (Å²) in [5.74, 6) is 0. The van der Waals surface area contributed by atoms with Crippen LogP contribution in [-0.4, -0.2) is 10.2 Å². The number of fused-ring (bicyclic) bond motifs is 2. The highest BCUT2D eigenvalue weighted by Gasteiger charge is 2.15. The van der Waals surface area contributed by atoms with Crippen molar-refractivity contribution in [3.8, 4) is 0 Å². The van der Waals surface area contributed by atoms with Crippen LogP contribution in [0.2, 0.25) is 0 Å². The van der Waals surface area contributed by atoms with Gasteiger partial charge >= 0.3 is 0 Å². The van der Waals surface area contributed by atoms with E-state index in [0.29, 0.717) is 5.54 Å². The van der Waals surface area contributed by atoms with Crippen molar-refractivity contribution in [3.63, 3.8) is 0 Å². The zero-order chi connectivity index (χ0) is 16.7. The molecule has 0 bridgehead atoms. The average Bonchev–Trinajstić information content (AvgIpc) is 2.62. The van der Waals surface area contributed by atoms with Gasteiger partial charge in [-0.2, -0.15) is 0 Å². The summed E-state index contributed by atoms with van der Waals surface area (Å²) in [7, 11) is 2.08. The molecule has 0 spiro atoms. The molecule has 0 aliphatic carbocycles. The molecule has 0 unspecified atom stereocenters. The Kier molecular flexibility index (Phi) is 3.74. The maximum Gasteiger partial charge on any atom is 0.0239 e. The molecule has 0 saturated carbocycles. The Hall–Kier alpha value is -2.38. The van der Waals surface area contributed by atoms with Crippen LogP contribution in [0, 0.1) is 13.8 Å². The van der Waals surface area contributed by atoms with Crippen LogP contribution in [0.4, 0.5) is 0 Å². The molecular weight excluding hydrogens is 304 g/mol. The Balaban J connectivity index is 1.97. The first-order valence-electron chi connectivity index (χ1n) is 8.46. The van der Waals surface area contributed by atoms with Gasteiger partial charge in [-0.25, -0.2) is 0 Å². The molecule has 4 rings (SSSR count). The lowest BCUT2D eigenvalue weighted by molar-refractivity contribution is 1.17. The zero-order valence-corrected chi connectivity index (χ0v) is 15.6. The summed E-state index contributed by atoms with van der Waals surface area (Å²) in [6.45, 7) is 4.39. The first-order valence-corrected chi connectivity index (χ1v) is 9.28. The van der Waals surface area contributed by atoms with Crippen molar-refractivity contribution < 1.29 is 0 Å². The van der Waals surface area contributed by atoms with Crippen molar-refractivity contribution in [1.82, 2.24) is 0 Å². The number of rotatable bonds is 2. The van der Waals surface area contributed by atoms with E-state index in [0.717, 1.165) is 0 Å². The van der Waals surface area contributed by atoms with E-state index in [1.165, 1.54) is 43.8 Å². The van der Waals surface area contributed by atoms with Crippen LogP contribution in [-0.2, 0) is 0 Å². The Bertz CT molecular complexity index is 961. The van der Waals surface area contributed by atoms with Crippen molar-refractivity contribution >= 4 is 31.8 Å². The first-order chi connectivity index (χ1) is 11.7. The van der Waals surface area contributed by atoms with Gasteiger partial charge in [0.1, 0.15) is 0 Å². The van der Waals surface area contributed by atoms with Crippen LogP contribution in [0.5, 0.6) is 0 Å². The molecule has 24 heavy (non-hydrogen) atoms. The van der Waals surface area contributed by atoms with Gasteiger partial charge in [-0.15, -0.1) is 0 Å². The van der Waals surface area contributed by atoms with Crippen molar-refractivity contribution in [2.45, 2.75) is 19.4 Å². The molecular formula is C23H21Si. The van der Waals surface area contributed by atoms with Crippen molar-refractivity contribution in [3.05, 3.63) is 95.1 Å². The number of aryl methyl sites for hydroxylation is 2.